The van der Waals surface area contributed by atoms with Crippen molar-refractivity contribution in [1.82, 2.24) is 4.31 Å². The number of halogens is 4. The number of nitrogens with zero attached hydrogens (tertiary/aromatic N) is 1. The Morgan fingerprint density at radius 1 is 1.15 bits per heavy atom. The maximum Gasteiger partial charge on any atom is 0.417 e. The predicted molar refractivity (Wildman–Crippen MR) is 95.3 cm³/mol. The molecule has 0 aliphatic carbocycles. The molecule has 0 N–H and O–H groups in total. The van der Waals surface area contributed by atoms with Gasteiger partial charge in [0.25, 0.3) is 0 Å². The van der Waals surface area contributed by atoms with Crippen molar-refractivity contribution in [2.45, 2.75) is 30.0 Å². The van der Waals surface area contributed by atoms with Gasteiger partial charge in [-0.05, 0) is 48.7 Å². The summed E-state index contributed by atoms with van der Waals surface area (Å²) < 4.78 is 72.6. The lowest BCUT2D eigenvalue weighted by Crippen LogP contribution is -2.32. The maximum absolute atomic E-state index is 13.4. The molecule has 9 heteroatoms. The van der Waals surface area contributed by atoms with Crippen molar-refractivity contribution in [3.05, 3.63) is 58.6 Å². The van der Waals surface area contributed by atoms with Crippen molar-refractivity contribution in [2.75, 3.05) is 13.7 Å². The summed E-state index contributed by atoms with van der Waals surface area (Å²) in [4.78, 5) is -0.778. The topological polar surface area (TPSA) is 46.6 Å². The van der Waals surface area contributed by atoms with Gasteiger partial charge in [-0.2, -0.15) is 17.5 Å². The molecule has 1 heterocycles. The molecule has 146 valence electrons. The van der Waals surface area contributed by atoms with E-state index >= 15 is 0 Å². The molecule has 0 amide bonds. The number of rotatable bonds is 4. The van der Waals surface area contributed by atoms with Crippen molar-refractivity contribution in [3.63, 3.8) is 0 Å². The summed E-state index contributed by atoms with van der Waals surface area (Å²) in [5.74, 6) is 0.614. The minimum atomic E-state index is -4.83. The Bertz CT molecular complexity index is 930. The van der Waals surface area contributed by atoms with Crippen LogP contribution in [-0.2, 0) is 16.2 Å². The summed E-state index contributed by atoms with van der Waals surface area (Å²) in [6.07, 6.45) is -3.74. The van der Waals surface area contributed by atoms with Gasteiger partial charge in [0.2, 0.25) is 10.0 Å². The fraction of sp³-hybridized carbons (Fsp3) is 0.333. The van der Waals surface area contributed by atoms with Crippen molar-refractivity contribution in [3.8, 4) is 5.75 Å². The first kappa shape index (κ1) is 20.0. The lowest BCUT2D eigenvalue weighted by Gasteiger charge is -2.26. The number of sulfonamides is 1. The van der Waals surface area contributed by atoms with Gasteiger partial charge in [-0.1, -0.05) is 23.7 Å². The van der Waals surface area contributed by atoms with Gasteiger partial charge in [-0.25, -0.2) is 8.42 Å². The largest absolute Gasteiger partial charge is 0.497 e. The van der Waals surface area contributed by atoms with Crippen molar-refractivity contribution in [1.29, 1.82) is 0 Å². The van der Waals surface area contributed by atoms with Crippen LogP contribution in [0.4, 0.5) is 13.2 Å². The van der Waals surface area contributed by atoms with E-state index in [0.29, 0.717) is 30.2 Å². The Kier molecular flexibility index (Phi) is 5.42. The molecule has 0 spiro atoms. The monoisotopic (exact) mass is 419 g/mol. The highest BCUT2D eigenvalue weighted by atomic mass is 35.5. The van der Waals surface area contributed by atoms with Gasteiger partial charge in [-0.15, -0.1) is 0 Å². The summed E-state index contributed by atoms with van der Waals surface area (Å²) in [5.41, 5.74) is -0.547. The number of benzene rings is 2. The van der Waals surface area contributed by atoms with Crippen LogP contribution in [0.25, 0.3) is 0 Å². The highest BCUT2D eigenvalue weighted by Crippen LogP contribution is 2.41. The molecule has 27 heavy (non-hydrogen) atoms. The summed E-state index contributed by atoms with van der Waals surface area (Å²) in [6, 6.07) is 9.04. The number of hydrogen-bond donors (Lipinski definition) is 0. The van der Waals surface area contributed by atoms with Crippen LogP contribution in [-0.4, -0.2) is 26.4 Å². The molecule has 1 aliphatic rings. The molecule has 0 radical (unpaired) electrons. The van der Waals surface area contributed by atoms with Crippen molar-refractivity contribution in [2.24, 2.45) is 0 Å². The molecule has 0 saturated carbocycles. The molecular formula is C18H17ClF3NO3S. The summed E-state index contributed by atoms with van der Waals surface area (Å²) in [7, 11) is -2.84. The van der Waals surface area contributed by atoms with E-state index in [1.165, 1.54) is 7.11 Å². The first-order valence-electron chi connectivity index (χ1n) is 8.17. The lowest BCUT2D eigenvalue weighted by molar-refractivity contribution is -0.139. The third-order valence-electron chi connectivity index (χ3n) is 4.54. The minimum Gasteiger partial charge on any atom is -0.497 e. The molecule has 1 aliphatic heterocycles. The van der Waals surface area contributed by atoms with Gasteiger partial charge in [0.15, 0.2) is 0 Å². The highest BCUT2D eigenvalue weighted by molar-refractivity contribution is 7.89. The van der Waals surface area contributed by atoms with E-state index in [9.17, 15) is 21.6 Å². The standard InChI is InChI=1S/C18H17ClF3NO3S/c1-26-14-7-4-12(5-8-14)16-3-2-10-23(16)27(24,25)17-9-6-13(19)11-15(17)18(20,21)22/h4-9,11,16H,2-3,10H2,1H3/t16-/m0/s1. The number of ether oxygens (including phenoxy) is 1. The van der Waals surface area contributed by atoms with E-state index < -0.39 is 32.7 Å². The second kappa shape index (κ2) is 7.33. The van der Waals surface area contributed by atoms with Crippen molar-refractivity contribution >= 4 is 21.6 Å². The lowest BCUT2D eigenvalue weighted by atomic mass is 10.1. The van der Waals surface area contributed by atoms with Crippen LogP contribution in [0.15, 0.2) is 47.4 Å². The third kappa shape index (κ3) is 3.93. The fourth-order valence-corrected chi connectivity index (χ4v) is 5.31. The van der Waals surface area contributed by atoms with Crippen LogP contribution in [0.1, 0.15) is 30.0 Å². The fourth-order valence-electron chi connectivity index (χ4n) is 3.26. The van der Waals surface area contributed by atoms with Gasteiger partial charge in [0, 0.05) is 11.6 Å². The summed E-state index contributed by atoms with van der Waals surface area (Å²) in [5, 5.41) is -0.172. The first-order valence-corrected chi connectivity index (χ1v) is 9.99. The van der Waals surface area contributed by atoms with Crippen LogP contribution in [0.3, 0.4) is 0 Å². The Balaban J connectivity index is 2.04. The van der Waals surface area contributed by atoms with E-state index in [1.54, 1.807) is 24.3 Å². The molecule has 0 unspecified atom stereocenters. The quantitative estimate of drug-likeness (QED) is 0.708. The molecule has 0 bridgehead atoms. The zero-order valence-electron chi connectivity index (χ0n) is 14.3. The van der Waals surface area contributed by atoms with Crippen LogP contribution < -0.4 is 4.74 Å². The van der Waals surface area contributed by atoms with Gasteiger partial charge in [-0.3, -0.25) is 0 Å². The summed E-state index contributed by atoms with van der Waals surface area (Å²) in [6.45, 7) is 0.152. The van der Waals surface area contributed by atoms with Crippen LogP contribution in [0.5, 0.6) is 5.75 Å². The second-order valence-electron chi connectivity index (χ2n) is 6.19. The molecule has 1 fully saturated rings. The number of methoxy groups -OCH3 is 1. The maximum atomic E-state index is 13.4. The molecule has 2 aromatic rings. The van der Waals surface area contributed by atoms with Gasteiger partial charge >= 0.3 is 6.18 Å². The average molecular weight is 420 g/mol. The number of alkyl halides is 3. The van der Waals surface area contributed by atoms with Crippen molar-refractivity contribution < 1.29 is 26.3 Å². The highest BCUT2D eigenvalue weighted by Gasteiger charge is 2.42. The van der Waals surface area contributed by atoms with E-state index in [2.05, 4.69) is 0 Å². The Hall–Kier alpha value is -1.77. The molecule has 0 aromatic heterocycles. The molecule has 4 nitrogen and oxygen atoms in total. The van der Waals surface area contributed by atoms with E-state index in [4.69, 9.17) is 16.3 Å². The SMILES string of the molecule is COc1ccc([C@@H]2CCCN2S(=O)(=O)c2ccc(Cl)cc2C(F)(F)F)cc1. The van der Waals surface area contributed by atoms with Crippen LogP contribution >= 0.6 is 11.6 Å². The third-order valence-corrected chi connectivity index (χ3v) is 6.74. The van der Waals surface area contributed by atoms with E-state index in [1.807, 2.05) is 0 Å². The second-order valence-corrected chi connectivity index (χ2v) is 8.48. The molecule has 1 saturated heterocycles. The summed E-state index contributed by atoms with van der Waals surface area (Å²) >= 11 is 5.67. The van der Waals surface area contributed by atoms with Crippen LogP contribution in [0.2, 0.25) is 5.02 Å². The normalized spacial score (nSPS) is 18.6. The van der Waals surface area contributed by atoms with Gasteiger partial charge in [0.05, 0.1) is 23.6 Å². The van der Waals surface area contributed by atoms with Crippen LogP contribution in [0, 0.1) is 0 Å². The Morgan fingerprint density at radius 2 is 1.81 bits per heavy atom. The smallest absolute Gasteiger partial charge is 0.417 e. The van der Waals surface area contributed by atoms with Gasteiger partial charge in [0.1, 0.15) is 5.75 Å². The molecule has 2 aromatic carbocycles. The first-order chi connectivity index (χ1) is 12.6. The molecule has 1 atom stereocenters. The predicted octanol–water partition coefficient (Wildman–Crippen LogP) is 4.89. The zero-order chi connectivity index (χ0) is 19.8. The van der Waals surface area contributed by atoms with E-state index in [-0.39, 0.29) is 11.6 Å². The Labute approximate surface area is 160 Å². The zero-order valence-corrected chi connectivity index (χ0v) is 15.9. The Morgan fingerprint density at radius 3 is 2.41 bits per heavy atom. The minimum absolute atomic E-state index is 0.152. The van der Waals surface area contributed by atoms with Gasteiger partial charge < -0.3 is 4.74 Å². The average Bonchev–Trinajstić information content (AvgIpc) is 3.11. The number of hydrogen-bond acceptors (Lipinski definition) is 3. The van der Waals surface area contributed by atoms with E-state index in [0.717, 1.165) is 16.4 Å². The molecular weight excluding hydrogens is 403 g/mol. The molecule has 3 rings (SSSR count).